The SMILES string of the molecule is CCC1CCC(O)(CNc2ccc(Br)cc2N)CC1. The summed E-state index contributed by atoms with van der Waals surface area (Å²) in [7, 11) is 0. The molecule has 0 heterocycles. The number of nitrogen functional groups attached to an aromatic ring is 1. The maximum Gasteiger partial charge on any atom is 0.0819 e. The topological polar surface area (TPSA) is 58.3 Å². The van der Waals surface area contributed by atoms with Crippen molar-refractivity contribution in [2.45, 2.75) is 44.6 Å². The van der Waals surface area contributed by atoms with Gasteiger partial charge in [-0.2, -0.15) is 0 Å². The Labute approximate surface area is 123 Å². The molecule has 0 amide bonds. The van der Waals surface area contributed by atoms with E-state index < -0.39 is 5.60 Å². The first-order chi connectivity index (χ1) is 9.02. The van der Waals surface area contributed by atoms with E-state index in [0.29, 0.717) is 12.2 Å². The lowest BCUT2D eigenvalue weighted by atomic mass is 9.78. The predicted octanol–water partition coefficient (Wildman–Crippen LogP) is 3.77. The molecule has 0 bridgehead atoms. The third-order valence-electron chi connectivity index (χ3n) is 4.23. The van der Waals surface area contributed by atoms with Gasteiger partial charge in [-0.1, -0.05) is 29.3 Å². The van der Waals surface area contributed by atoms with E-state index in [0.717, 1.165) is 41.8 Å². The number of nitrogens with one attached hydrogen (secondary N) is 1. The van der Waals surface area contributed by atoms with Gasteiger partial charge in [0, 0.05) is 11.0 Å². The molecule has 0 aromatic heterocycles. The molecule has 0 spiro atoms. The summed E-state index contributed by atoms with van der Waals surface area (Å²) in [5.41, 5.74) is 6.98. The molecule has 2 rings (SSSR count). The van der Waals surface area contributed by atoms with E-state index >= 15 is 0 Å². The molecule has 1 aliphatic carbocycles. The highest BCUT2D eigenvalue weighted by molar-refractivity contribution is 9.10. The maximum absolute atomic E-state index is 10.6. The van der Waals surface area contributed by atoms with Crippen molar-refractivity contribution in [3.05, 3.63) is 22.7 Å². The largest absolute Gasteiger partial charge is 0.397 e. The zero-order chi connectivity index (χ0) is 13.9. The highest BCUT2D eigenvalue weighted by Crippen LogP contribution is 2.34. The summed E-state index contributed by atoms with van der Waals surface area (Å²) in [4.78, 5) is 0. The van der Waals surface area contributed by atoms with Gasteiger partial charge in [0.2, 0.25) is 0 Å². The minimum atomic E-state index is -0.578. The minimum Gasteiger partial charge on any atom is -0.397 e. The zero-order valence-corrected chi connectivity index (χ0v) is 13.0. The van der Waals surface area contributed by atoms with Crippen molar-refractivity contribution in [3.63, 3.8) is 0 Å². The molecule has 19 heavy (non-hydrogen) atoms. The smallest absolute Gasteiger partial charge is 0.0819 e. The molecule has 1 aliphatic rings. The lowest BCUT2D eigenvalue weighted by molar-refractivity contribution is 0.00231. The highest BCUT2D eigenvalue weighted by atomic mass is 79.9. The Kier molecular flexibility index (Phi) is 4.74. The molecule has 3 nitrogen and oxygen atoms in total. The average Bonchev–Trinajstić information content (AvgIpc) is 2.39. The van der Waals surface area contributed by atoms with Gasteiger partial charge < -0.3 is 16.2 Å². The molecule has 1 saturated carbocycles. The van der Waals surface area contributed by atoms with Gasteiger partial charge in [0.1, 0.15) is 0 Å². The quantitative estimate of drug-likeness (QED) is 0.738. The lowest BCUT2D eigenvalue weighted by Crippen LogP contribution is -2.40. The lowest BCUT2D eigenvalue weighted by Gasteiger charge is -2.36. The first kappa shape index (κ1) is 14.7. The number of hydrogen-bond acceptors (Lipinski definition) is 3. The van der Waals surface area contributed by atoms with Crippen LogP contribution in [0, 0.1) is 5.92 Å². The van der Waals surface area contributed by atoms with Crippen LogP contribution < -0.4 is 11.1 Å². The Balaban J connectivity index is 1.91. The van der Waals surface area contributed by atoms with E-state index in [-0.39, 0.29) is 0 Å². The van der Waals surface area contributed by atoms with Crippen LogP contribution >= 0.6 is 15.9 Å². The molecular formula is C15H23BrN2O. The molecule has 0 unspecified atom stereocenters. The van der Waals surface area contributed by atoms with Gasteiger partial charge in [0.05, 0.1) is 17.0 Å². The second kappa shape index (κ2) is 6.14. The van der Waals surface area contributed by atoms with Crippen molar-refractivity contribution in [1.82, 2.24) is 0 Å². The Morgan fingerprint density at radius 3 is 2.68 bits per heavy atom. The van der Waals surface area contributed by atoms with Crippen LogP contribution in [0.3, 0.4) is 0 Å². The molecule has 0 saturated heterocycles. The van der Waals surface area contributed by atoms with E-state index in [2.05, 4.69) is 28.2 Å². The average molecular weight is 327 g/mol. The molecule has 4 heteroatoms. The summed E-state index contributed by atoms with van der Waals surface area (Å²) in [5.74, 6) is 0.790. The van der Waals surface area contributed by atoms with Crippen LogP contribution in [0.2, 0.25) is 0 Å². The standard InChI is InChI=1S/C15H23BrN2O/c1-2-11-5-7-15(19,8-6-11)10-18-14-4-3-12(16)9-13(14)17/h3-4,9,11,18-19H,2,5-8,10,17H2,1H3. The molecule has 1 aromatic rings. The summed E-state index contributed by atoms with van der Waals surface area (Å²) >= 11 is 3.39. The van der Waals surface area contributed by atoms with Crippen LogP contribution in [-0.2, 0) is 0 Å². The van der Waals surface area contributed by atoms with Crippen LogP contribution in [0.1, 0.15) is 39.0 Å². The number of rotatable bonds is 4. The fourth-order valence-electron chi connectivity index (χ4n) is 2.75. The summed E-state index contributed by atoms with van der Waals surface area (Å²) < 4.78 is 0.970. The third kappa shape index (κ3) is 3.86. The van der Waals surface area contributed by atoms with Crippen molar-refractivity contribution in [3.8, 4) is 0 Å². The fourth-order valence-corrected chi connectivity index (χ4v) is 3.13. The van der Waals surface area contributed by atoms with Crippen molar-refractivity contribution < 1.29 is 5.11 Å². The molecule has 0 atom stereocenters. The van der Waals surface area contributed by atoms with Crippen LogP contribution in [0.25, 0.3) is 0 Å². The number of nitrogens with two attached hydrogens (primary N) is 1. The van der Waals surface area contributed by atoms with E-state index in [9.17, 15) is 5.11 Å². The van der Waals surface area contributed by atoms with Crippen LogP contribution in [0.15, 0.2) is 22.7 Å². The molecule has 0 radical (unpaired) electrons. The second-order valence-electron chi connectivity index (χ2n) is 5.66. The van der Waals surface area contributed by atoms with Gasteiger partial charge in [-0.05, 0) is 49.8 Å². The predicted molar refractivity (Wildman–Crippen MR) is 84.2 cm³/mol. The molecular weight excluding hydrogens is 304 g/mol. The minimum absolute atomic E-state index is 0.578. The Morgan fingerprint density at radius 2 is 2.11 bits per heavy atom. The van der Waals surface area contributed by atoms with Crippen molar-refractivity contribution in [1.29, 1.82) is 0 Å². The number of anilines is 2. The van der Waals surface area contributed by atoms with Gasteiger partial charge in [0.15, 0.2) is 0 Å². The Bertz CT molecular complexity index is 428. The van der Waals surface area contributed by atoms with Crippen molar-refractivity contribution in [2.75, 3.05) is 17.6 Å². The van der Waals surface area contributed by atoms with E-state index in [1.54, 1.807) is 0 Å². The molecule has 1 fully saturated rings. The van der Waals surface area contributed by atoms with Crippen LogP contribution in [0.4, 0.5) is 11.4 Å². The number of hydrogen-bond donors (Lipinski definition) is 3. The van der Waals surface area contributed by atoms with Crippen LogP contribution in [0.5, 0.6) is 0 Å². The van der Waals surface area contributed by atoms with Crippen molar-refractivity contribution >= 4 is 27.3 Å². The molecule has 4 N–H and O–H groups in total. The number of halogens is 1. The Hall–Kier alpha value is -0.740. The number of benzene rings is 1. The molecule has 1 aromatic carbocycles. The number of aliphatic hydroxyl groups is 1. The Morgan fingerprint density at radius 1 is 1.42 bits per heavy atom. The van der Waals surface area contributed by atoms with Crippen molar-refractivity contribution in [2.24, 2.45) is 5.92 Å². The summed E-state index contributed by atoms with van der Waals surface area (Å²) in [6, 6.07) is 5.78. The van der Waals surface area contributed by atoms with Gasteiger partial charge in [-0.25, -0.2) is 0 Å². The molecule has 106 valence electrons. The van der Waals surface area contributed by atoms with Gasteiger partial charge in [-0.15, -0.1) is 0 Å². The second-order valence-corrected chi connectivity index (χ2v) is 6.58. The monoisotopic (exact) mass is 326 g/mol. The van der Waals surface area contributed by atoms with Gasteiger partial charge in [0.25, 0.3) is 0 Å². The highest BCUT2D eigenvalue weighted by Gasteiger charge is 2.32. The molecule has 0 aliphatic heterocycles. The van der Waals surface area contributed by atoms with E-state index in [1.165, 1.54) is 6.42 Å². The van der Waals surface area contributed by atoms with Gasteiger partial charge in [-0.3, -0.25) is 0 Å². The first-order valence-corrected chi connectivity index (χ1v) is 7.83. The van der Waals surface area contributed by atoms with E-state index in [4.69, 9.17) is 5.73 Å². The summed E-state index contributed by atoms with van der Waals surface area (Å²) in [6.07, 6.45) is 5.25. The summed E-state index contributed by atoms with van der Waals surface area (Å²) in [5, 5.41) is 13.9. The first-order valence-electron chi connectivity index (χ1n) is 7.04. The maximum atomic E-state index is 10.6. The van der Waals surface area contributed by atoms with Gasteiger partial charge >= 0.3 is 0 Å². The normalized spacial score (nSPS) is 27.2. The van der Waals surface area contributed by atoms with E-state index in [1.807, 2.05) is 18.2 Å². The zero-order valence-electron chi connectivity index (χ0n) is 11.5. The fraction of sp³-hybridized carbons (Fsp3) is 0.600. The van der Waals surface area contributed by atoms with Crippen LogP contribution in [-0.4, -0.2) is 17.3 Å². The third-order valence-corrected chi connectivity index (χ3v) is 4.73. The summed E-state index contributed by atoms with van der Waals surface area (Å²) in [6.45, 7) is 2.81.